The first kappa shape index (κ1) is 11.3. The summed E-state index contributed by atoms with van der Waals surface area (Å²) in [5.41, 5.74) is 0.459. The number of hydrogen-bond donors (Lipinski definition) is 0. The van der Waals surface area contributed by atoms with Gasteiger partial charge in [0.2, 0.25) is 0 Å². The molecule has 0 N–H and O–H groups in total. The molecule has 0 amide bonds. The molecule has 0 spiro atoms. The number of esters is 1. The van der Waals surface area contributed by atoms with E-state index in [1.165, 1.54) is 7.11 Å². The van der Waals surface area contributed by atoms with E-state index in [0.29, 0.717) is 12.0 Å². The summed E-state index contributed by atoms with van der Waals surface area (Å²) in [5, 5.41) is 0. The van der Waals surface area contributed by atoms with Crippen LogP contribution in [0.5, 0.6) is 0 Å². The number of ether oxygens (including phenoxy) is 1. The quantitative estimate of drug-likeness (QED) is 0.587. The van der Waals surface area contributed by atoms with Crippen LogP contribution in [0.25, 0.3) is 0 Å². The minimum absolute atomic E-state index is 0.157. The SMILES string of the molecule is COC(=O)C1(C)Cc2ccc(Br)cc2C1=O. The molecular weight excluding hydrogens is 272 g/mol. The number of halogens is 1. The van der Waals surface area contributed by atoms with Crippen LogP contribution in [0.4, 0.5) is 0 Å². The fraction of sp³-hybridized carbons (Fsp3) is 0.333. The molecule has 1 aromatic rings. The molecule has 0 aliphatic heterocycles. The smallest absolute Gasteiger partial charge is 0.319 e. The van der Waals surface area contributed by atoms with E-state index in [-0.39, 0.29) is 5.78 Å². The molecule has 0 fully saturated rings. The largest absolute Gasteiger partial charge is 0.468 e. The number of fused-ring (bicyclic) bond motifs is 1. The molecule has 1 unspecified atom stereocenters. The Bertz CT molecular complexity index is 481. The van der Waals surface area contributed by atoms with E-state index in [9.17, 15) is 9.59 Å². The molecule has 2 rings (SSSR count). The summed E-state index contributed by atoms with van der Waals surface area (Å²) in [4.78, 5) is 23.8. The van der Waals surface area contributed by atoms with Gasteiger partial charge >= 0.3 is 5.97 Å². The topological polar surface area (TPSA) is 43.4 Å². The standard InChI is InChI=1S/C12H11BrO3/c1-12(11(15)16-2)6-7-3-4-8(13)5-9(7)10(12)14/h3-5H,6H2,1-2H3. The Hall–Kier alpha value is -1.16. The van der Waals surface area contributed by atoms with E-state index in [2.05, 4.69) is 15.9 Å². The Balaban J connectivity index is 2.49. The van der Waals surface area contributed by atoms with Gasteiger partial charge in [0.25, 0.3) is 0 Å². The van der Waals surface area contributed by atoms with Crippen LogP contribution in [-0.4, -0.2) is 18.9 Å². The maximum absolute atomic E-state index is 12.1. The number of carbonyl (C=O) groups is 2. The van der Waals surface area contributed by atoms with E-state index in [0.717, 1.165) is 10.0 Å². The highest BCUT2D eigenvalue weighted by Gasteiger charge is 2.48. The molecule has 0 saturated carbocycles. The highest BCUT2D eigenvalue weighted by Crippen LogP contribution is 2.38. The average molecular weight is 283 g/mol. The highest BCUT2D eigenvalue weighted by atomic mass is 79.9. The van der Waals surface area contributed by atoms with Gasteiger partial charge in [0.05, 0.1) is 7.11 Å². The van der Waals surface area contributed by atoms with Crippen molar-refractivity contribution in [3.63, 3.8) is 0 Å². The molecule has 84 valence electrons. The molecule has 4 heteroatoms. The highest BCUT2D eigenvalue weighted by molar-refractivity contribution is 9.10. The predicted molar refractivity (Wildman–Crippen MR) is 62.3 cm³/mol. The molecule has 0 radical (unpaired) electrons. The second kappa shape index (κ2) is 3.70. The van der Waals surface area contributed by atoms with Gasteiger partial charge in [0, 0.05) is 10.0 Å². The Morgan fingerprint density at radius 1 is 1.50 bits per heavy atom. The summed E-state index contributed by atoms with van der Waals surface area (Å²) < 4.78 is 5.54. The lowest BCUT2D eigenvalue weighted by molar-refractivity contribution is -0.148. The summed E-state index contributed by atoms with van der Waals surface area (Å²) >= 11 is 3.32. The zero-order valence-corrected chi connectivity index (χ0v) is 10.6. The van der Waals surface area contributed by atoms with Gasteiger partial charge in [-0.15, -0.1) is 0 Å². The van der Waals surface area contributed by atoms with Crippen molar-refractivity contribution in [2.45, 2.75) is 13.3 Å². The molecule has 1 aliphatic carbocycles. The lowest BCUT2D eigenvalue weighted by Crippen LogP contribution is -2.34. The van der Waals surface area contributed by atoms with E-state index >= 15 is 0 Å². The molecule has 0 aromatic heterocycles. The normalized spacial score (nSPS) is 23.1. The molecular formula is C12H11BrO3. The van der Waals surface area contributed by atoms with Gasteiger partial charge in [-0.2, -0.15) is 0 Å². The first-order valence-electron chi connectivity index (χ1n) is 4.90. The number of Topliss-reactive ketones (excluding diaryl/α,β-unsaturated/α-hetero) is 1. The van der Waals surface area contributed by atoms with E-state index in [1.807, 2.05) is 12.1 Å². The van der Waals surface area contributed by atoms with Crippen molar-refractivity contribution >= 4 is 27.7 Å². The molecule has 0 heterocycles. The van der Waals surface area contributed by atoms with E-state index in [1.54, 1.807) is 13.0 Å². The molecule has 0 saturated heterocycles. The van der Waals surface area contributed by atoms with Crippen LogP contribution in [0.15, 0.2) is 22.7 Å². The van der Waals surface area contributed by atoms with Crippen LogP contribution in [0.1, 0.15) is 22.8 Å². The van der Waals surface area contributed by atoms with Crippen LogP contribution in [0, 0.1) is 5.41 Å². The number of ketones is 1. The van der Waals surface area contributed by atoms with Crippen molar-refractivity contribution in [3.05, 3.63) is 33.8 Å². The molecule has 1 aromatic carbocycles. The minimum atomic E-state index is -1.06. The fourth-order valence-electron chi connectivity index (χ4n) is 2.06. The summed E-state index contributed by atoms with van der Waals surface area (Å²) in [7, 11) is 1.31. The van der Waals surface area contributed by atoms with Gasteiger partial charge in [-0.3, -0.25) is 9.59 Å². The van der Waals surface area contributed by atoms with Gasteiger partial charge in [0.1, 0.15) is 5.41 Å². The lowest BCUT2D eigenvalue weighted by atomic mass is 9.86. The number of rotatable bonds is 1. The summed E-state index contributed by atoms with van der Waals surface area (Å²) in [6.07, 6.45) is 0.418. The number of benzene rings is 1. The third-order valence-electron chi connectivity index (χ3n) is 3.00. The van der Waals surface area contributed by atoms with Crippen molar-refractivity contribution < 1.29 is 14.3 Å². The zero-order chi connectivity index (χ0) is 11.9. The molecule has 16 heavy (non-hydrogen) atoms. The molecule has 3 nitrogen and oxygen atoms in total. The Labute approximate surface area is 102 Å². The molecule has 1 atom stereocenters. The van der Waals surface area contributed by atoms with Crippen LogP contribution in [0.2, 0.25) is 0 Å². The van der Waals surface area contributed by atoms with Gasteiger partial charge < -0.3 is 4.74 Å². The predicted octanol–water partition coefficient (Wildman–Crippen LogP) is 2.37. The van der Waals surface area contributed by atoms with Gasteiger partial charge in [0.15, 0.2) is 5.78 Å². The Morgan fingerprint density at radius 2 is 2.19 bits per heavy atom. The van der Waals surface area contributed by atoms with Crippen LogP contribution in [0.3, 0.4) is 0 Å². The monoisotopic (exact) mass is 282 g/mol. The fourth-order valence-corrected chi connectivity index (χ4v) is 2.42. The van der Waals surface area contributed by atoms with Crippen LogP contribution in [-0.2, 0) is 16.0 Å². The second-order valence-corrected chi connectivity index (χ2v) is 5.05. The van der Waals surface area contributed by atoms with E-state index < -0.39 is 11.4 Å². The van der Waals surface area contributed by atoms with Gasteiger partial charge in [-0.05, 0) is 31.0 Å². The van der Waals surface area contributed by atoms with Crippen molar-refractivity contribution in [2.24, 2.45) is 5.41 Å². The van der Waals surface area contributed by atoms with Gasteiger partial charge in [-0.25, -0.2) is 0 Å². The van der Waals surface area contributed by atoms with Gasteiger partial charge in [-0.1, -0.05) is 22.0 Å². The number of methoxy groups -OCH3 is 1. The minimum Gasteiger partial charge on any atom is -0.468 e. The van der Waals surface area contributed by atoms with Crippen LogP contribution >= 0.6 is 15.9 Å². The Kier molecular flexibility index (Phi) is 2.62. The first-order chi connectivity index (χ1) is 7.49. The van der Waals surface area contributed by atoms with Crippen molar-refractivity contribution in [1.29, 1.82) is 0 Å². The average Bonchev–Trinajstić information content (AvgIpc) is 2.52. The summed E-state index contributed by atoms with van der Waals surface area (Å²) in [6.45, 7) is 1.63. The number of hydrogen-bond acceptors (Lipinski definition) is 3. The van der Waals surface area contributed by atoms with E-state index in [4.69, 9.17) is 4.74 Å². The maximum Gasteiger partial charge on any atom is 0.319 e. The summed E-state index contributed by atoms with van der Waals surface area (Å²) in [5.74, 6) is -0.625. The third-order valence-corrected chi connectivity index (χ3v) is 3.49. The first-order valence-corrected chi connectivity index (χ1v) is 5.70. The van der Waals surface area contributed by atoms with Crippen molar-refractivity contribution in [2.75, 3.05) is 7.11 Å². The number of carbonyl (C=O) groups excluding carboxylic acids is 2. The zero-order valence-electron chi connectivity index (χ0n) is 9.04. The maximum atomic E-state index is 12.1. The Morgan fingerprint density at radius 3 is 2.81 bits per heavy atom. The van der Waals surface area contributed by atoms with Crippen molar-refractivity contribution in [3.8, 4) is 0 Å². The second-order valence-electron chi connectivity index (χ2n) is 4.13. The van der Waals surface area contributed by atoms with Crippen LogP contribution < -0.4 is 0 Å². The third kappa shape index (κ3) is 1.48. The van der Waals surface area contributed by atoms with Crippen molar-refractivity contribution in [1.82, 2.24) is 0 Å². The lowest BCUT2D eigenvalue weighted by Gasteiger charge is -2.17. The molecule has 0 bridgehead atoms. The summed E-state index contributed by atoms with van der Waals surface area (Å²) in [6, 6.07) is 5.49. The molecule has 1 aliphatic rings.